The lowest BCUT2D eigenvalue weighted by molar-refractivity contribution is 0.0921. The predicted molar refractivity (Wildman–Crippen MR) is 75.8 cm³/mol. The Morgan fingerprint density at radius 2 is 2.05 bits per heavy atom. The molecule has 104 valence electrons. The molecule has 20 heavy (non-hydrogen) atoms. The highest BCUT2D eigenvalue weighted by Crippen LogP contribution is 2.11. The molecule has 0 atom stereocenters. The Balaban J connectivity index is 2.24. The van der Waals surface area contributed by atoms with Gasteiger partial charge in [-0.15, -0.1) is 5.10 Å². The summed E-state index contributed by atoms with van der Waals surface area (Å²) in [7, 11) is 0. The highest BCUT2D eigenvalue weighted by molar-refractivity contribution is 6.30. The topological polar surface area (TPSA) is 103 Å². The third-order valence-electron chi connectivity index (χ3n) is 2.50. The van der Waals surface area contributed by atoms with E-state index in [0.717, 1.165) is 10.2 Å². The number of hydrogen-bond acceptors (Lipinski definition) is 6. The first kappa shape index (κ1) is 14.0. The van der Waals surface area contributed by atoms with Gasteiger partial charge in [-0.1, -0.05) is 23.7 Å². The van der Waals surface area contributed by atoms with Crippen molar-refractivity contribution >= 4 is 29.3 Å². The Morgan fingerprint density at radius 1 is 1.40 bits per heavy atom. The van der Waals surface area contributed by atoms with Crippen LogP contribution >= 0.6 is 11.6 Å². The number of carbonyl (C=O) groups excluding carboxylic acids is 1. The van der Waals surface area contributed by atoms with Gasteiger partial charge in [-0.05, 0) is 17.7 Å². The van der Waals surface area contributed by atoms with Crippen molar-refractivity contribution in [2.75, 3.05) is 11.1 Å². The second-order valence-corrected chi connectivity index (χ2v) is 4.47. The number of aromatic nitrogens is 3. The first-order valence-corrected chi connectivity index (χ1v) is 6.11. The first-order valence-electron chi connectivity index (χ1n) is 5.73. The fourth-order valence-electron chi connectivity index (χ4n) is 1.52. The highest BCUT2D eigenvalue weighted by Gasteiger charge is 2.11. The van der Waals surface area contributed by atoms with Gasteiger partial charge < -0.3 is 11.1 Å². The summed E-state index contributed by atoms with van der Waals surface area (Å²) in [6, 6.07) is 7.11. The van der Waals surface area contributed by atoms with Crippen LogP contribution in [0.4, 0.5) is 11.8 Å². The zero-order valence-electron chi connectivity index (χ0n) is 10.6. The van der Waals surface area contributed by atoms with Crippen LogP contribution in [0, 0.1) is 0 Å². The molecule has 0 aliphatic rings. The maximum Gasteiger partial charge on any atom is 0.317 e. The summed E-state index contributed by atoms with van der Waals surface area (Å²) in [4.78, 5) is 26.5. The monoisotopic (exact) mass is 293 g/mol. The largest absolute Gasteiger partial charge is 0.378 e. The molecule has 3 N–H and O–H groups in total. The van der Waals surface area contributed by atoms with Gasteiger partial charge in [0.15, 0.2) is 0 Å². The number of benzene rings is 1. The minimum absolute atomic E-state index is 0.0478. The molecule has 0 aliphatic heterocycles. The van der Waals surface area contributed by atoms with Crippen molar-refractivity contribution in [1.82, 2.24) is 14.8 Å². The van der Waals surface area contributed by atoms with Crippen molar-refractivity contribution in [3.05, 3.63) is 45.2 Å². The molecule has 0 saturated heterocycles. The molecule has 1 aromatic heterocycles. The van der Waals surface area contributed by atoms with Gasteiger partial charge in [-0.25, -0.2) is 0 Å². The van der Waals surface area contributed by atoms with E-state index in [1.54, 1.807) is 12.1 Å². The van der Waals surface area contributed by atoms with E-state index < -0.39 is 11.5 Å². The SMILES string of the molecule is CC(=O)n1nc(N)c(=O)nc1NCc1ccc(Cl)cc1. The van der Waals surface area contributed by atoms with Gasteiger partial charge in [0, 0.05) is 18.5 Å². The minimum Gasteiger partial charge on any atom is -0.378 e. The van der Waals surface area contributed by atoms with E-state index in [0.29, 0.717) is 11.6 Å². The van der Waals surface area contributed by atoms with Crippen LogP contribution in [0.5, 0.6) is 0 Å². The van der Waals surface area contributed by atoms with Crippen molar-refractivity contribution < 1.29 is 4.79 Å². The molecular weight excluding hydrogens is 282 g/mol. The second kappa shape index (κ2) is 5.70. The summed E-state index contributed by atoms with van der Waals surface area (Å²) in [6.45, 7) is 1.66. The van der Waals surface area contributed by atoms with Crippen LogP contribution in [0.25, 0.3) is 0 Å². The van der Waals surface area contributed by atoms with Crippen LogP contribution in [0.1, 0.15) is 17.3 Å². The molecule has 0 saturated carbocycles. The average molecular weight is 294 g/mol. The summed E-state index contributed by atoms with van der Waals surface area (Å²) in [6.07, 6.45) is 0. The third-order valence-corrected chi connectivity index (χ3v) is 2.75. The molecule has 0 spiro atoms. The molecule has 0 aliphatic carbocycles. The maximum atomic E-state index is 11.4. The number of hydrogen-bond donors (Lipinski definition) is 2. The van der Waals surface area contributed by atoms with E-state index >= 15 is 0 Å². The maximum absolute atomic E-state index is 11.4. The number of nitrogen functional groups attached to an aromatic ring is 1. The van der Waals surface area contributed by atoms with Crippen molar-refractivity contribution in [3.63, 3.8) is 0 Å². The number of nitrogens with one attached hydrogen (secondary N) is 1. The van der Waals surface area contributed by atoms with E-state index in [-0.39, 0.29) is 11.8 Å². The van der Waals surface area contributed by atoms with E-state index in [4.69, 9.17) is 17.3 Å². The lowest BCUT2D eigenvalue weighted by Gasteiger charge is -2.10. The number of rotatable bonds is 3. The molecule has 1 heterocycles. The normalized spacial score (nSPS) is 10.3. The van der Waals surface area contributed by atoms with Crippen LogP contribution in [0.3, 0.4) is 0 Å². The van der Waals surface area contributed by atoms with Crippen molar-refractivity contribution in [3.8, 4) is 0 Å². The number of carbonyl (C=O) groups is 1. The number of nitrogens with zero attached hydrogens (tertiary/aromatic N) is 3. The van der Waals surface area contributed by atoms with Gasteiger partial charge in [0.2, 0.25) is 17.7 Å². The molecule has 8 heteroatoms. The molecule has 0 fully saturated rings. The molecule has 7 nitrogen and oxygen atoms in total. The van der Waals surface area contributed by atoms with Crippen molar-refractivity contribution in [2.24, 2.45) is 0 Å². The molecule has 2 aromatic rings. The Labute approximate surface area is 119 Å². The lowest BCUT2D eigenvalue weighted by atomic mass is 10.2. The molecule has 0 unspecified atom stereocenters. The molecule has 0 radical (unpaired) electrons. The van der Waals surface area contributed by atoms with Gasteiger partial charge in [-0.3, -0.25) is 9.59 Å². The Bertz CT molecular complexity index is 696. The van der Waals surface area contributed by atoms with Gasteiger partial charge >= 0.3 is 5.56 Å². The minimum atomic E-state index is -0.680. The molecule has 1 aromatic carbocycles. The van der Waals surface area contributed by atoms with Crippen LogP contribution in [0.2, 0.25) is 5.02 Å². The highest BCUT2D eigenvalue weighted by atomic mass is 35.5. The van der Waals surface area contributed by atoms with Gasteiger partial charge in [0.05, 0.1) is 0 Å². The Hall–Kier alpha value is -2.41. The van der Waals surface area contributed by atoms with Crippen LogP contribution in [-0.4, -0.2) is 20.7 Å². The van der Waals surface area contributed by atoms with E-state index in [2.05, 4.69) is 15.4 Å². The van der Waals surface area contributed by atoms with Crippen LogP contribution in [0.15, 0.2) is 29.1 Å². The van der Waals surface area contributed by atoms with Gasteiger partial charge in [-0.2, -0.15) is 9.67 Å². The summed E-state index contributed by atoms with van der Waals surface area (Å²) >= 11 is 5.79. The predicted octanol–water partition coefficient (Wildman–Crippen LogP) is 1.15. The van der Waals surface area contributed by atoms with Crippen LogP contribution in [-0.2, 0) is 6.54 Å². The molecular formula is C12H12ClN5O2. The standard InChI is InChI=1S/C12H12ClN5O2/c1-7(19)18-12(16-11(20)10(14)17-18)15-6-8-2-4-9(13)5-3-8/h2-5H,6H2,1H3,(H2,14,17)(H,15,16,20). The fraction of sp³-hybridized carbons (Fsp3) is 0.167. The number of nitrogens with two attached hydrogens (primary N) is 1. The van der Waals surface area contributed by atoms with E-state index in [1.807, 2.05) is 12.1 Å². The lowest BCUT2D eigenvalue weighted by Crippen LogP contribution is -2.26. The second-order valence-electron chi connectivity index (χ2n) is 4.04. The molecule has 0 amide bonds. The zero-order valence-corrected chi connectivity index (χ0v) is 11.4. The summed E-state index contributed by atoms with van der Waals surface area (Å²) in [5.74, 6) is -0.674. The van der Waals surface area contributed by atoms with E-state index in [9.17, 15) is 9.59 Å². The van der Waals surface area contributed by atoms with Gasteiger partial charge in [0.25, 0.3) is 0 Å². The van der Waals surface area contributed by atoms with Gasteiger partial charge in [0.1, 0.15) is 0 Å². The Kier molecular flexibility index (Phi) is 3.99. The first-order chi connectivity index (χ1) is 9.47. The zero-order chi connectivity index (χ0) is 14.7. The van der Waals surface area contributed by atoms with E-state index in [1.165, 1.54) is 6.92 Å². The summed E-state index contributed by atoms with van der Waals surface area (Å²) in [5, 5.41) is 7.18. The summed E-state index contributed by atoms with van der Waals surface area (Å²) < 4.78 is 0.951. The molecule has 0 bridgehead atoms. The number of halogens is 1. The smallest absolute Gasteiger partial charge is 0.317 e. The van der Waals surface area contributed by atoms with Crippen molar-refractivity contribution in [1.29, 1.82) is 0 Å². The molecule has 2 rings (SSSR count). The van der Waals surface area contributed by atoms with Crippen molar-refractivity contribution in [2.45, 2.75) is 13.5 Å². The Morgan fingerprint density at radius 3 is 2.65 bits per heavy atom. The fourth-order valence-corrected chi connectivity index (χ4v) is 1.64. The summed E-state index contributed by atoms with van der Waals surface area (Å²) in [5.41, 5.74) is 5.58. The quantitative estimate of drug-likeness (QED) is 0.880. The van der Waals surface area contributed by atoms with Crippen LogP contribution < -0.4 is 16.6 Å². The average Bonchev–Trinajstić information content (AvgIpc) is 2.41. The third kappa shape index (κ3) is 3.12. The number of anilines is 2.